The van der Waals surface area contributed by atoms with Crippen LogP contribution in [0.1, 0.15) is 57.8 Å². The van der Waals surface area contributed by atoms with Gasteiger partial charge >= 0.3 is 0 Å². The van der Waals surface area contributed by atoms with E-state index in [4.69, 9.17) is 4.74 Å². The molecule has 0 aromatic heterocycles. The van der Waals surface area contributed by atoms with Gasteiger partial charge in [-0.2, -0.15) is 0 Å². The molecule has 0 aromatic carbocycles. The highest BCUT2D eigenvalue weighted by atomic mass is 35.5. The van der Waals surface area contributed by atoms with Gasteiger partial charge in [0.15, 0.2) is 0 Å². The molecule has 5 heteroatoms. The molecule has 0 aromatic rings. The van der Waals surface area contributed by atoms with Crippen molar-refractivity contribution in [3.05, 3.63) is 0 Å². The fourth-order valence-electron chi connectivity index (χ4n) is 3.50. The van der Waals surface area contributed by atoms with Crippen molar-refractivity contribution in [2.24, 2.45) is 5.92 Å². The lowest BCUT2D eigenvalue weighted by Crippen LogP contribution is -2.54. The van der Waals surface area contributed by atoms with Crippen LogP contribution in [-0.4, -0.2) is 38.3 Å². The summed E-state index contributed by atoms with van der Waals surface area (Å²) in [5, 5.41) is 6.46. The molecule has 1 saturated heterocycles. The summed E-state index contributed by atoms with van der Waals surface area (Å²) in [6.45, 7) is 2.56. The van der Waals surface area contributed by atoms with Gasteiger partial charge in [0.2, 0.25) is 0 Å². The normalized spacial score (nSPS) is 23.5. The number of hydrogen-bond donors (Lipinski definition) is 2. The number of ether oxygens (including phenoxy) is 1. The molecule has 21 heavy (non-hydrogen) atoms. The minimum absolute atomic E-state index is 0. The summed E-state index contributed by atoms with van der Waals surface area (Å²) in [5.74, 6) is 0.762. The standard InChI is InChI=1S/C16H30N2O2.ClH/c1-20-16(9-11-17-12-10-16)15(19)18-13-14-7-5-3-2-4-6-8-14;/h14,17H,2-13H2,1H3,(H,18,19);1H. The Hall–Kier alpha value is -0.320. The molecule has 1 aliphatic heterocycles. The Labute approximate surface area is 135 Å². The number of nitrogens with one attached hydrogen (secondary N) is 2. The number of amides is 1. The molecule has 0 spiro atoms. The van der Waals surface area contributed by atoms with Crippen LogP contribution in [0.4, 0.5) is 0 Å². The van der Waals surface area contributed by atoms with Gasteiger partial charge in [-0.05, 0) is 44.7 Å². The third-order valence-corrected chi connectivity index (χ3v) is 4.99. The van der Waals surface area contributed by atoms with Crippen LogP contribution >= 0.6 is 12.4 Å². The molecule has 2 rings (SSSR count). The topological polar surface area (TPSA) is 50.4 Å². The van der Waals surface area contributed by atoms with Crippen molar-refractivity contribution < 1.29 is 9.53 Å². The molecule has 1 heterocycles. The van der Waals surface area contributed by atoms with Gasteiger partial charge in [-0.25, -0.2) is 0 Å². The van der Waals surface area contributed by atoms with Crippen molar-refractivity contribution in [3.63, 3.8) is 0 Å². The summed E-state index contributed by atoms with van der Waals surface area (Å²) in [5.41, 5.74) is -0.590. The van der Waals surface area contributed by atoms with Gasteiger partial charge in [0.25, 0.3) is 5.91 Å². The number of hydrogen-bond acceptors (Lipinski definition) is 3. The van der Waals surface area contributed by atoms with Gasteiger partial charge in [0, 0.05) is 13.7 Å². The third kappa shape index (κ3) is 5.42. The molecule has 2 aliphatic rings. The van der Waals surface area contributed by atoms with E-state index in [-0.39, 0.29) is 18.3 Å². The van der Waals surface area contributed by atoms with E-state index in [1.807, 2.05) is 0 Å². The van der Waals surface area contributed by atoms with Crippen molar-refractivity contribution in [2.45, 2.75) is 63.4 Å². The quantitative estimate of drug-likeness (QED) is 0.838. The number of methoxy groups -OCH3 is 1. The molecule has 0 bridgehead atoms. The Morgan fingerprint density at radius 2 is 1.71 bits per heavy atom. The fraction of sp³-hybridized carbons (Fsp3) is 0.938. The minimum atomic E-state index is -0.590. The number of carbonyl (C=O) groups excluding carboxylic acids is 1. The Morgan fingerprint density at radius 3 is 2.29 bits per heavy atom. The fourth-order valence-corrected chi connectivity index (χ4v) is 3.50. The number of carbonyl (C=O) groups is 1. The molecule has 2 N–H and O–H groups in total. The van der Waals surface area contributed by atoms with Crippen molar-refractivity contribution in [1.29, 1.82) is 0 Å². The molecule has 1 aliphatic carbocycles. The molecular formula is C16H31ClN2O2. The van der Waals surface area contributed by atoms with E-state index in [9.17, 15) is 4.79 Å². The number of halogens is 1. The van der Waals surface area contributed by atoms with Gasteiger partial charge in [0.1, 0.15) is 5.60 Å². The average Bonchev–Trinajstić information content (AvgIpc) is 2.46. The van der Waals surface area contributed by atoms with E-state index >= 15 is 0 Å². The van der Waals surface area contributed by atoms with Crippen LogP contribution in [0.2, 0.25) is 0 Å². The van der Waals surface area contributed by atoms with Gasteiger partial charge < -0.3 is 15.4 Å². The second-order valence-electron chi connectivity index (χ2n) is 6.37. The van der Waals surface area contributed by atoms with Crippen molar-refractivity contribution in [3.8, 4) is 0 Å². The van der Waals surface area contributed by atoms with Crippen LogP contribution in [0.5, 0.6) is 0 Å². The highest BCUT2D eigenvalue weighted by Gasteiger charge is 2.39. The summed E-state index contributed by atoms with van der Waals surface area (Å²) in [6, 6.07) is 0. The Bertz CT molecular complexity index is 299. The molecular weight excluding hydrogens is 288 g/mol. The van der Waals surface area contributed by atoms with E-state index in [1.165, 1.54) is 44.9 Å². The van der Waals surface area contributed by atoms with E-state index in [0.717, 1.165) is 32.5 Å². The third-order valence-electron chi connectivity index (χ3n) is 4.99. The molecule has 124 valence electrons. The van der Waals surface area contributed by atoms with E-state index in [0.29, 0.717) is 5.92 Å². The second kappa shape index (κ2) is 9.65. The smallest absolute Gasteiger partial charge is 0.252 e. The van der Waals surface area contributed by atoms with Gasteiger partial charge in [0.05, 0.1) is 0 Å². The largest absolute Gasteiger partial charge is 0.368 e. The van der Waals surface area contributed by atoms with Crippen molar-refractivity contribution in [2.75, 3.05) is 26.7 Å². The first kappa shape index (κ1) is 18.7. The zero-order valence-electron chi connectivity index (χ0n) is 13.3. The summed E-state index contributed by atoms with van der Waals surface area (Å²) in [7, 11) is 1.67. The van der Waals surface area contributed by atoms with E-state index < -0.39 is 5.60 Å². The van der Waals surface area contributed by atoms with Gasteiger partial charge in [-0.1, -0.05) is 32.1 Å². The Morgan fingerprint density at radius 1 is 1.14 bits per heavy atom. The Balaban J connectivity index is 0.00000220. The van der Waals surface area contributed by atoms with Crippen LogP contribution in [0.15, 0.2) is 0 Å². The number of rotatable bonds is 4. The molecule has 2 fully saturated rings. The first-order chi connectivity index (χ1) is 9.77. The zero-order chi connectivity index (χ0) is 14.3. The van der Waals surface area contributed by atoms with E-state index in [2.05, 4.69) is 10.6 Å². The predicted molar refractivity (Wildman–Crippen MR) is 87.9 cm³/mol. The van der Waals surface area contributed by atoms with Crippen molar-refractivity contribution in [1.82, 2.24) is 10.6 Å². The first-order valence-corrected chi connectivity index (χ1v) is 8.31. The summed E-state index contributed by atoms with van der Waals surface area (Å²) < 4.78 is 5.57. The zero-order valence-corrected chi connectivity index (χ0v) is 14.1. The summed E-state index contributed by atoms with van der Waals surface area (Å²) >= 11 is 0. The van der Waals surface area contributed by atoms with Crippen molar-refractivity contribution >= 4 is 18.3 Å². The van der Waals surface area contributed by atoms with Gasteiger partial charge in [-0.15, -0.1) is 12.4 Å². The van der Waals surface area contributed by atoms with Crippen LogP contribution in [0.3, 0.4) is 0 Å². The lowest BCUT2D eigenvalue weighted by Gasteiger charge is -2.35. The monoisotopic (exact) mass is 318 g/mol. The second-order valence-corrected chi connectivity index (χ2v) is 6.37. The highest BCUT2D eigenvalue weighted by Crippen LogP contribution is 2.24. The van der Waals surface area contributed by atoms with Gasteiger partial charge in [-0.3, -0.25) is 4.79 Å². The maximum atomic E-state index is 12.5. The summed E-state index contributed by atoms with van der Waals surface area (Å²) in [6.07, 6.45) is 10.8. The van der Waals surface area contributed by atoms with Crippen LogP contribution < -0.4 is 10.6 Å². The highest BCUT2D eigenvalue weighted by molar-refractivity contribution is 5.85. The first-order valence-electron chi connectivity index (χ1n) is 8.31. The minimum Gasteiger partial charge on any atom is -0.368 e. The van der Waals surface area contributed by atoms with Crippen LogP contribution in [0.25, 0.3) is 0 Å². The lowest BCUT2D eigenvalue weighted by atomic mass is 9.89. The molecule has 0 unspecified atom stereocenters. The maximum absolute atomic E-state index is 12.5. The lowest BCUT2D eigenvalue weighted by molar-refractivity contribution is -0.146. The van der Waals surface area contributed by atoms with Crippen LogP contribution in [-0.2, 0) is 9.53 Å². The SMILES string of the molecule is COC1(C(=O)NCC2CCCCCCC2)CCNCC1.Cl. The number of piperidine rings is 1. The van der Waals surface area contributed by atoms with Crippen LogP contribution in [0, 0.1) is 5.92 Å². The molecule has 0 atom stereocenters. The molecule has 4 nitrogen and oxygen atoms in total. The molecule has 1 saturated carbocycles. The Kier molecular flexibility index (Phi) is 8.60. The van der Waals surface area contributed by atoms with E-state index in [1.54, 1.807) is 7.11 Å². The predicted octanol–water partition coefficient (Wildman–Crippen LogP) is 2.65. The average molecular weight is 319 g/mol. The maximum Gasteiger partial charge on any atom is 0.252 e. The molecule has 0 radical (unpaired) electrons. The molecule has 1 amide bonds. The summed E-state index contributed by atoms with van der Waals surface area (Å²) in [4.78, 5) is 12.5.